The van der Waals surface area contributed by atoms with Gasteiger partial charge in [0.05, 0.1) is 27.4 Å². The number of ether oxygens (including phenoxy) is 1. The normalized spacial score (nSPS) is 15.4. The van der Waals surface area contributed by atoms with Crippen LogP contribution in [0.5, 0.6) is 5.88 Å². The molecule has 1 unspecified atom stereocenters. The molecule has 9 heteroatoms. The minimum absolute atomic E-state index is 0.0770. The van der Waals surface area contributed by atoms with E-state index in [0.29, 0.717) is 28.3 Å². The summed E-state index contributed by atoms with van der Waals surface area (Å²) in [5.74, 6) is 0.387. The maximum atomic E-state index is 11.2. The van der Waals surface area contributed by atoms with Crippen molar-refractivity contribution in [2.75, 3.05) is 0 Å². The van der Waals surface area contributed by atoms with Crippen LogP contribution in [0.1, 0.15) is 16.8 Å². The summed E-state index contributed by atoms with van der Waals surface area (Å²) in [6.45, 7) is 1.79. The third-order valence-electron chi connectivity index (χ3n) is 4.60. The number of non-ortho nitro benzene ring substituents is 1. The molecule has 0 amide bonds. The summed E-state index contributed by atoms with van der Waals surface area (Å²) in [5, 5.41) is 25.5. The van der Waals surface area contributed by atoms with E-state index in [1.54, 1.807) is 23.7 Å². The topological polar surface area (TPSA) is 120 Å². The Labute approximate surface area is 174 Å². The molecule has 0 aliphatic carbocycles. The molecule has 4 rings (SSSR count). The first kappa shape index (κ1) is 18.9. The van der Waals surface area contributed by atoms with Crippen LogP contribution in [-0.2, 0) is 0 Å². The van der Waals surface area contributed by atoms with Gasteiger partial charge in [-0.25, -0.2) is 4.68 Å². The molecular formula is C20H14BrN5O3. The number of hydrogen-bond acceptors (Lipinski definition) is 6. The second-order valence-corrected chi connectivity index (χ2v) is 7.32. The predicted octanol–water partition coefficient (Wildman–Crippen LogP) is 3.85. The lowest BCUT2D eigenvalue weighted by molar-refractivity contribution is -0.384. The molecule has 3 aromatic rings. The van der Waals surface area contributed by atoms with Crippen LogP contribution in [0.3, 0.4) is 0 Å². The fourth-order valence-electron chi connectivity index (χ4n) is 3.31. The molecule has 0 bridgehead atoms. The van der Waals surface area contributed by atoms with Crippen molar-refractivity contribution in [1.29, 1.82) is 5.26 Å². The second kappa shape index (κ2) is 7.16. The number of aryl methyl sites for hydroxylation is 1. The number of fused-ring (bicyclic) bond motifs is 1. The van der Waals surface area contributed by atoms with Crippen LogP contribution in [0.15, 0.2) is 58.6 Å². The van der Waals surface area contributed by atoms with Crippen molar-refractivity contribution in [2.45, 2.75) is 13.2 Å². The Hall–Kier alpha value is -3.48. The molecular weight excluding hydrogens is 438 g/mol. The van der Waals surface area contributed by atoms with E-state index >= 15 is 0 Å². The van der Waals surface area contributed by atoms with Crippen molar-refractivity contribution in [3.05, 3.63) is 85.5 Å². The van der Waals surface area contributed by atoms with Gasteiger partial charge >= 0.3 is 0 Å². The Balaban J connectivity index is 1.98. The van der Waals surface area contributed by atoms with E-state index in [-0.39, 0.29) is 11.3 Å². The van der Waals surface area contributed by atoms with Crippen LogP contribution in [-0.4, -0.2) is 20.9 Å². The summed E-state index contributed by atoms with van der Waals surface area (Å²) in [4.78, 5) is 10.8. The van der Waals surface area contributed by atoms with Crippen LogP contribution in [0, 0.1) is 28.4 Å². The standard InChI is InChI=1S/C20H14BrN5O3/c1-11-17-18(12-3-2-4-15(9-12)26(27)28)16(10-22)19(23)29-20(17)25(24-11)14-7-5-13(21)6-8-14/h2-9,19H,23H2,1H3. The average molecular weight is 452 g/mol. The first-order valence-corrected chi connectivity index (χ1v) is 9.37. The van der Waals surface area contributed by atoms with E-state index in [0.717, 1.165) is 10.2 Å². The van der Waals surface area contributed by atoms with E-state index in [1.807, 2.05) is 24.3 Å². The van der Waals surface area contributed by atoms with Crippen LogP contribution in [0.2, 0.25) is 0 Å². The summed E-state index contributed by atoms with van der Waals surface area (Å²) >= 11 is 3.40. The molecule has 2 heterocycles. The molecule has 2 aromatic carbocycles. The molecule has 0 fully saturated rings. The highest BCUT2D eigenvalue weighted by Gasteiger charge is 2.33. The van der Waals surface area contributed by atoms with Gasteiger partial charge in [0, 0.05) is 22.2 Å². The third kappa shape index (κ3) is 3.18. The monoisotopic (exact) mass is 451 g/mol. The number of nitriles is 1. The Morgan fingerprint density at radius 1 is 1.31 bits per heavy atom. The van der Waals surface area contributed by atoms with E-state index in [9.17, 15) is 15.4 Å². The number of aromatic nitrogens is 2. The zero-order valence-electron chi connectivity index (χ0n) is 15.2. The lowest BCUT2D eigenvalue weighted by atomic mass is 9.91. The Morgan fingerprint density at radius 3 is 2.69 bits per heavy atom. The molecule has 1 aliphatic rings. The number of halogens is 1. The maximum Gasteiger partial charge on any atom is 0.270 e. The molecule has 2 N–H and O–H groups in total. The Kier molecular flexibility index (Phi) is 4.66. The number of nitro benzene ring substituents is 1. The van der Waals surface area contributed by atoms with Gasteiger partial charge in [-0.05, 0) is 36.8 Å². The van der Waals surface area contributed by atoms with E-state index in [4.69, 9.17) is 10.5 Å². The highest BCUT2D eigenvalue weighted by Crippen LogP contribution is 2.42. The number of nitro groups is 1. The van der Waals surface area contributed by atoms with E-state index < -0.39 is 11.2 Å². The highest BCUT2D eigenvalue weighted by atomic mass is 79.9. The fourth-order valence-corrected chi connectivity index (χ4v) is 3.57. The number of nitrogens with zero attached hydrogens (tertiary/aromatic N) is 4. The van der Waals surface area contributed by atoms with Gasteiger partial charge in [0.1, 0.15) is 6.07 Å². The van der Waals surface area contributed by atoms with Gasteiger partial charge in [0.15, 0.2) is 6.23 Å². The minimum atomic E-state index is -1.02. The van der Waals surface area contributed by atoms with Gasteiger partial charge < -0.3 is 4.74 Å². The number of nitrogens with two attached hydrogens (primary N) is 1. The lowest BCUT2D eigenvalue weighted by Gasteiger charge is -2.24. The van der Waals surface area contributed by atoms with Crippen molar-refractivity contribution in [1.82, 2.24) is 9.78 Å². The summed E-state index contributed by atoms with van der Waals surface area (Å²) in [6.07, 6.45) is -1.02. The second-order valence-electron chi connectivity index (χ2n) is 6.40. The SMILES string of the molecule is Cc1nn(-c2ccc(Br)cc2)c2c1C(c1cccc([N+](=O)[O-])c1)=C(C#N)C(N)O2. The molecule has 0 saturated heterocycles. The third-order valence-corrected chi connectivity index (χ3v) is 5.13. The first-order chi connectivity index (χ1) is 13.9. The number of benzene rings is 2. The largest absolute Gasteiger partial charge is 0.453 e. The van der Waals surface area contributed by atoms with Gasteiger partial charge in [-0.1, -0.05) is 28.1 Å². The number of hydrogen-bond donors (Lipinski definition) is 1. The highest BCUT2D eigenvalue weighted by molar-refractivity contribution is 9.10. The summed E-state index contributed by atoms with van der Waals surface area (Å²) in [6, 6.07) is 15.7. The van der Waals surface area contributed by atoms with Gasteiger partial charge in [-0.3, -0.25) is 15.8 Å². The van der Waals surface area contributed by atoms with Crippen LogP contribution in [0.4, 0.5) is 5.69 Å². The van der Waals surface area contributed by atoms with Crippen molar-refractivity contribution < 1.29 is 9.66 Å². The quantitative estimate of drug-likeness (QED) is 0.476. The Bertz CT molecular complexity index is 1210. The smallest absolute Gasteiger partial charge is 0.270 e. The van der Waals surface area contributed by atoms with Crippen molar-refractivity contribution >= 4 is 27.2 Å². The molecule has 144 valence electrons. The molecule has 8 nitrogen and oxygen atoms in total. The maximum absolute atomic E-state index is 11.2. The summed E-state index contributed by atoms with van der Waals surface area (Å²) < 4.78 is 8.38. The van der Waals surface area contributed by atoms with Crippen LogP contribution in [0.25, 0.3) is 11.3 Å². The van der Waals surface area contributed by atoms with E-state index in [1.165, 1.54) is 12.1 Å². The van der Waals surface area contributed by atoms with Gasteiger partial charge in [0.25, 0.3) is 5.69 Å². The molecule has 0 saturated carbocycles. The van der Waals surface area contributed by atoms with Crippen LogP contribution < -0.4 is 10.5 Å². The average Bonchev–Trinajstić information content (AvgIpc) is 3.03. The first-order valence-electron chi connectivity index (χ1n) is 8.58. The zero-order valence-corrected chi connectivity index (χ0v) is 16.8. The molecule has 0 radical (unpaired) electrons. The van der Waals surface area contributed by atoms with Crippen molar-refractivity contribution in [3.63, 3.8) is 0 Å². The molecule has 29 heavy (non-hydrogen) atoms. The zero-order chi connectivity index (χ0) is 20.7. The molecule has 1 aliphatic heterocycles. The Morgan fingerprint density at radius 2 is 2.03 bits per heavy atom. The molecule has 0 spiro atoms. The van der Waals surface area contributed by atoms with Crippen molar-refractivity contribution in [3.8, 4) is 17.6 Å². The minimum Gasteiger partial charge on any atom is -0.453 e. The fraction of sp³-hybridized carbons (Fsp3) is 0.100. The van der Waals surface area contributed by atoms with Gasteiger partial charge in [0.2, 0.25) is 5.88 Å². The van der Waals surface area contributed by atoms with Gasteiger partial charge in [-0.2, -0.15) is 10.4 Å². The van der Waals surface area contributed by atoms with E-state index in [2.05, 4.69) is 27.1 Å². The molecule has 1 atom stereocenters. The van der Waals surface area contributed by atoms with Crippen LogP contribution >= 0.6 is 15.9 Å². The lowest BCUT2D eigenvalue weighted by Crippen LogP contribution is -2.33. The van der Waals surface area contributed by atoms with Gasteiger partial charge in [-0.15, -0.1) is 0 Å². The summed E-state index contributed by atoms with van der Waals surface area (Å²) in [5.41, 5.74) is 9.20. The van der Waals surface area contributed by atoms with Crippen molar-refractivity contribution in [2.24, 2.45) is 5.73 Å². The molecule has 1 aromatic heterocycles. The predicted molar refractivity (Wildman–Crippen MR) is 109 cm³/mol. The summed E-state index contributed by atoms with van der Waals surface area (Å²) in [7, 11) is 0. The number of rotatable bonds is 3.